The highest BCUT2D eigenvalue weighted by molar-refractivity contribution is 7.91. The number of aryl methyl sites for hydroxylation is 1. The molecule has 0 radical (unpaired) electrons. The Balaban J connectivity index is 2.16. The van der Waals surface area contributed by atoms with E-state index in [1.165, 1.54) is 0 Å². The van der Waals surface area contributed by atoms with Gasteiger partial charge in [0.05, 0.1) is 9.79 Å². The largest absolute Gasteiger partial charge is 0.341 e. The summed E-state index contributed by atoms with van der Waals surface area (Å²) in [7, 11) is -8.63. The molecule has 0 bridgehead atoms. The van der Waals surface area contributed by atoms with Crippen molar-refractivity contribution in [2.45, 2.75) is 29.0 Å². The fraction of sp³-hybridized carbons (Fsp3) is 0.200. The van der Waals surface area contributed by atoms with Gasteiger partial charge in [-0.25, -0.2) is 21.6 Å². The van der Waals surface area contributed by atoms with Crippen LogP contribution in [0.25, 0.3) is 0 Å². The molecule has 5 nitrogen and oxygen atoms in total. The molecule has 0 aliphatic carbocycles. The van der Waals surface area contributed by atoms with Crippen molar-refractivity contribution >= 4 is 19.9 Å². The maximum absolute atomic E-state index is 12.5. The first-order valence-electron chi connectivity index (χ1n) is 6.80. The van der Waals surface area contributed by atoms with Gasteiger partial charge >= 0.3 is 5.76 Å². The third kappa shape index (κ3) is 4.16. The highest BCUT2D eigenvalue weighted by Crippen LogP contribution is 2.20. The van der Waals surface area contributed by atoms with Crippen LogP contribution in [0.15, 0.2) is 58.3 Å². The van der Waals surface area contributed by atoms with Gasteiger partial charge in [-0.15, -0.1) is 0 Å². The fourth-order valence-electron chi connectivity index (χ4n) is 1.88. The topological polar surface area (TPSA) is 80.3 Å². The molecule has 2 aromatic rings. The third-order valence-corrected chi connectivity index (χ3v) is 6.10. The highest BCUT2D eigenvalue weighted by Gasteiger charge is 2.27. The summed E-state index contributed by atoms with van der Waals surface area (Å²) in [5, 5.41) is 0. The number of hydrogen-bond acceptors (Lipinski definition) is 4. The van der Waals surface area contributed by atoms with E-state index in [0.29, 0.717) is 0 Å². The number of benzene rings is 2. The zero-order valence-electron chi connectivity index (χ0n) is 12.6. The van der Waals surface area contributed by atoms with Crippen molar-refractivity contribution in [3.8, 4) is 0 Å². The van der Waals surface area contributed by atoms with Gasteiger partial charge in [0.1, 0.15) is 0 Å². The van der Waals surface area contributed by atoms with Gasteiger partial charge in [-0.05, 0) is 36.8 Å². The van der Waals surface area contributed by atoms with Gasteiger partial charge in [0.25, 0.3) is 0 Å². The minimum absolute atomic E-state index is 0.0553. The molecule has 0 saturated carbocycles. The van der Waals surface area contributed by atoms with E-state index >= 15 is 0 Å². The molecule has 0 aliphatic rings. The van der Waals surface area contributed by atoms with Crippen LogP contribution in [0.4, 0.5) is 8.78 Å². The van der Waals surface area contributed by atoms with Crippen LogP contribution in [0.3, 0.4) is 0 Å². The first-order chi connectivity index (χ1) is 11.1. The summed E-state index contributed by atoms with van der Waals surface area (Å²) < 4.78 is 74.2. The Kier molecular flexibility index (Phi) is 5.36. The van der Waals surface area contributed by atoms with E-state index in [2.05, 4.69) is 4.72 Å². The summed E-state index contributed by atoms with van der Waals surface area (Å²) in [5.41, 5.74) is 1.79. The molecule has 2 aromatic carbocycles. The van der Waals surface area contributed by atoms with E-state index < -0.39 is 30.5 Å². The molecule has 0 aromatic heterocycles. The average molecular weight is 375 g/mol. The summed E-state index contributed by atoms with van der Waals surface area (Å²) in [5.74, 6) is -3.56. The van der Waals surface area contributed by atoms with Crippen LogP contribution < -0.4 is 4.72 Å². The number of halogens is 2. The van der Waals surface area contributed by atoms with Crippen molar-refractivity contribution in [1.82, 2.24) is 4.72 Å². The molecule has 0 fully saturated rings. The van der Waals surface area contributed by atoms with Crippen molar-refractivity contribution in [1.29, 1.82) is 0 Å². The standard InChI is InChI=1S/C15H15F2NO4S2/c1-11-2-4-12(5-3-11)10-18-24(21,22)14-8-6-13(7-9-14)23(19,20)15(16)17/h2-9,15,18H,10H2,1H3. The minimum Gasteiger partial charge on any atom is -0.218 e. The monoisotopic (exact) mass is 375 g/mol. The fourth-order valence-corrected chi connectivity index (χ4v) is 3.62. The highest BCUT2D eigenvalue weighted by atomic mass is 32.2. The van der Waals surface area contributed by atoms with Crippen LogP contribution in [0.5, 0.6) is 0 Å². The van der Waals surface area contributed by atoms with Gasteiger partial charge in [-0.2, -0.15) is 8.78 Å². The minimum atomic E-state index is -4.75. The first-order valence-corrected chi connectivity index (χ1v) is 9.83. The molecule has 1 N–H and O–H groups in total. The first kappa shape index (κ1) is 18.5. The van der Waals surface area contributed by atoms with Gasteiger partial charge in [-0.3, -0.25) is 0 Å². The predicted molar refractivity (Wildman–Crippen MR) is 84.8 cm³/mol. The lowest BCUT2D eigenvalue weighted by atomic mass is 10.2. The summed E-state index contributed by atoms with van der Waals surface area (Å²) in [6.45, 7) is 1.96. The molecule has 0 amide bonds. The maximum Gasteiger partial charge on any atom is 0.341 e. The molecule has 0 atom stereocenters. The maximum atomic E-state index is 12.5. The average Bonchev–Trinajstić information content (AvgIpc) is 2.54. The second-order valence-corrected chi connectivity index (χ2v) is 8.77. The van der Waals surface area contributed by atoms with E-state index in [1.54, 1.807) is 12.1 Å². The zero-order valence-corrected chi connectivity index (χ0v) is 14.2. The molecule has 9 heteroatoms. The van der Waals surface area contributed by atoms with Crippen molar-refractivity contribution in [2.24, 2.45) is 0 Å². The molecule has 24 heavy (non-hydrogen) atoms. The smallest absolute Gasteiger partial charge is 0.218 e. The van der Waals surface area contributed by atoms with Gasteiger partial charge < -0.3 is 0 Å². The van der Waals surface area contributed by atoms with Gasteiger partial charge in [0.2, 0.25) is 19.9 Å². The number of hydrogen-bond donors (Lipinski definition) is 1. The Bertz CT molecular complexity index is 907. The lowest BCUT2D eigenvalue weighted by Gasteiger charge is -2.08. The number of sulfonamides is 1. The molecule has 0 aliphatic heterocycles. The van der Waals surface area contributed by atoms with Crippen molar-refractivity contribution in [2.75, 3.05) is 0 Å². The van der Waals surface area contributed by atoms with E-state index in [0.717, 1.165) is 35.4 Å². The molecule has 0 saturated heterocycles. The Morgan fingerprint density at radius 2 is 1.38 bits per heavy atom. The molecule has 130 valence electrons. The molecular weight excluding hydrogens is 360 g/mol. The van der Waals surface area contributed by atoms with E-state index in [9.17, 15) is 25.6 Å². The molecule has 0 unspecified atom stereocenters. The van der Waals surface area contributed by atoms with Gasteiger partial charge in [-0.1, -0.05) is 29.8 Å². The molecule has 0 heterocycles. The van der Waals surface area contributed by atoms with Crippen LogP contribution in [-0.2, 0) is 26.4 Å². The Morgan fingerprint density at radius 1 is 0.875 bits per heavy atom. The van der Waals surface area contributed by atoms with E-state index in [-0.39, 0.29) is 11.4 Å². The second kappa shape index (κ2) is 6.96. The summed E-state index contributed by atoms with van der Waals surface area (Å²) >= 11 is 0. The van der Waals surface area contributed by atoms with Crippen LogP contribution >= 0.6 is 0 Å². The van der Waals surface area contributed by atoms with Crippen LogP contribution in [0.2, 0.25) is 0 Å². The van der Waals surface area contributed by atoms with Crippen LogP contribution in [0, 0.1) is 6.92 Å². The van der Waals surface area contributed by atoms with E-state index in [1.807, 2.05) is 19.1 Å². The second-order valence-electron chi connectivity index (χ2n) is 5.09. The number of nitrogens with one attached hydrogen (secondary N) is 1. The SMILES string of the molecule is Cc1ccc(CNS(=O)(=O)c2ccc(S(=O)(=O)C(F)F)cc2)cc1. The van der Waals surface area contributed by atoms with Crippen molar-refractivity contribution < 1.29 is 25.6 Å². The summed E-state index contributed by atoms with van der Waals surface area (Å²) in [6.07, 6.45) is 0. The van der Waals surface area contributed by atoms with Crippen LogP contribution in [-0.4, -0.2) is 22.6 Å². The Labute approximate surface area is 139 Å². The Hall–Kier alpha value is -1.84. The summed E-state index contributed by atoms with van der Waals surface area (Å²) in [4.78, 5) is -0.835. The molecule has 2 rings (SSSR count). The van der Waals surface area contributed by atoms with Crippen molar-refractivity contribution in [3.05, 3.63) is 59.7 Å². The van der Waals surface area contributed by atoms with Gasteiger partial charge in [0, 0.05) is 6.54 Å². The number of rotatable bonds is 6. The van der Waals surface area contributed by atoms with Crippen molar-refractivity contribution in [3.63, 3.8) is 0 Å². The predicted octanol–water partition coefficient (Wildman–Crippen LogP) is 2.47. The van der Waals surface area contributed by atoms with E-state index in [4.69, 9.17) is 0 Å². The normalized spacial score (nSPS) is 12.5. The van der Waals surface area contributed by atoms with Gasteiger partial charge in [0.15, 0.2) is 0 Å². The molecule has 0 spiro atoms. The number of sulfone groups is 1. The van der Waals surface area contributed by atoms with Crippen LogP contribution in [0.1, 0.15) is 11.1 Å². The Morgan fingerprint density at radius 3 is 1.88 bits per heavy atom. The lowest BCUT2D eigenvalue weighted by Crippen LogP contribution is -2.23. The zero-order chi connectivity index (χ0) is 18.0. The number of alkyl halides is 2. The third-order valence-electron chi connectivity index (χ3n) is 3.28. The quantitative estimate of drug-likeness (QED) is 0.841. The lowest BCUT2D eigenvalue weighted by molar-refractivity contribution is 0.234. The molecular formula is C15H15F2NO4S2. The summed E-state index contributed by atoms with van der Waals surface area (Å²) in [6, 6.07) is 10.9.